The molecule has 0 aliphatic carbocycles. The molecular formula is C26H32N4O3S2. The molecule has 1 amide bonds. The third kappa shape index (κ3) is 5.28. The number of carbonyl (C=O) groups is 1. The standard InChI is InChI=1S/C26H32N4O3S2/c27-26(31)23-16-21(19-5-2-1-3-6-19)15-22-24(17-28-25(22)23)20-7-10-30(11-8-20)35(32,33)14-4-9-29-12-13-34-18-29/h1-3,5-6,15-17,20,28H,4,7-14,18H2,(H2,27,31). The van der Waals surface area contributed by atoms with Crippen LogP contribution in [0.25, 0.3) is 22.0 Å². The van der Waals surface area contributed by atoms with E-state index in [-0.39, 0.29) is 11.7 Å². The number of fused-ring (bicyclic) bond motifs is 1. The number of aromatic amines is 1. The van der Waals surface area contributed by atoms with Crippen molar-refractivity contribution in [1.82, 2.24) is 14.2 Å². The molecule has 2 saturated heterocycles. The first-order valence-corrected chi connectivity index (χ1v) is 15.0. The fourth-order valence-electron chi connectivity index (χ4n) is 5.26. The Hall–Kier alpha value is -2.33. The molecule has 2 aliphatic heterocycles. The van der Waals surface area contributed by atoms with Crippen molar-refractivity contribution in [1.29, 1.82) is 0 Å². The lowest BCUT2D eigenvalue weighted by atomic mass is 9.88. The zero-order chi connectivity index (χ0) is 24.4. The second-order valence-electron chi connectivity index (χ2n) is 9.42. The fraction of sp³-hybridized carbons (Fsp3) is 0.423. The highest BCUT2D eigenvalue weighted by Crippen LogP contribution is 2.37. The lowest BCUT2D eigenvalue weighted by Gasteiger charge is -2.31. The van der Waals surface area contributed by atoms with Crippen LogP contribution >= 0.6 is 11.8 Å². The lowest BCUT2D eigenvalue weighted by molar-refractivity contribution is 0.100. The molecule has 3 aromatic rings. The van der Waals surface area contributed by atoms with Crippen molar-refractivity contribution in [2.45, 2.75) is 25.2 Å². The van der Waals surface area contributed by atoms with E-state index in [4.69, 9.17) is 5.73 Å². The topological polar surface area (TPSA) is 99.5 Å². The van der Waals surface area contributed by atoms with E-state index in [1.54, 1.807) is 4.31 Å². The summed E-state index contributed by atoms with van der Waals surface area (Å²) in [6, 6.07) is 13.9. The number of H-pyrrole nitrogens is 1. The summed E-state index contributed by atoms with van der Waals surface area (Å²) in [6.45, 7) is 2.97. The summed E-state index contributed by atoms with van der Waals surface area (Å²) in [5, 5.41) is 0.991. The summed E-state index contributed by atoms with van der Waals surface area (Å²) in [6.07, 6.45) is 4.17. The number of hydrogen-bond acceptors (Lipinski definition) is 5. The van der Waals surface area contributed by atoms with E-state index in [1.807, 2.05) is 54.4 Å². The molecule has 7 nitrogen and oxygen atoms in total. The summed E-state index contributed by atoms with van der Waals surface area (Å²) in [7, 11) is -3.24. The Labute approximate surface area is 211 Å². The Kier molecular flexibility index (Phi) is 7.20. The van der Waals surface area contributed by atoms with Crippen molar-refractivity contribution < 1.29 is 13.2 Å². The van der Waals surface area contributed by atoms with Gasteiger partial charge in [0.2, 0.25) is 10.0 Å². The van der Waals surface area contributed by atoms with Crippen LogP contribution in [0, 0.1) is 0 Å². The predicted molar refractivity (Wildman–Crippen MR) is 143 cm³/mol. The molecule has 3 N–H and O–H groups in total. The summed E-state index contributed by atoms with van der Waals surface area (Å²) in [5.41, 5.74) is 10.1. The minimum atomic E-state index is -3.24. The maximum atomic E-state index is 12.9. The normalized spacial score (nSPS) is 18.4. The van der Waals surface area contributed by atoms with Crippen LogP contribution in [0.2, 0.25) is 0 Å². The van der Waals surface area contributed by atoms with Gasteiger partial charge in [0.05, 0.1) is 16.8 Å². The molecule has 0 bridgehead atoms. The molecule has 2 fully saturated rings. The quantitative estimate of drug-likeness (QED) is 0.478. The number of rotatable bonds is 8. The first kappa shape index (κ1) is 24.4. The molecule has 0 spiro atoms. The van der Waals surface area contributed by atoms with Crippen LogP contribution in [0.15, 0.2) is 48.7 Å². The highest BCUT2D eigenvalue weighted by atomic mass is 32.2. The van der Waals surface area contributed by atoms with Crippen LogP contribution in [0.4, 0.5) is 0 Å². The van der Waals surface area contributed by atoms with Crippen molar-refractivity contribution in [2.24, 2.45) is 5.73 Å². The number of thioether (sulfide) groups is 1. The monoisotopic (exact) mass is 512 g/mol. The van der Waals surface area contributed by atoms with Gasteiger partial charge in [0.1, 0.15) is 0 Å². The highest BCUT2D eigenvalue weighted by Gasteiger charge is 2.30. The summed E-state index contributed by atoms with van der Waals surface area (Å²) in [4.78, 5) is 17.8. The number of carbonyl (C=O) groups excluding carboxylic acids is 1. The number of nitrogens with two attached hydrogens (primary N) is 1. The van der Waals surface area contributed by atoms with Gasteiger partial charge in [-0.1, -0.05) is 30.3 Å². The minimum absolute atomic E-state index is 0.217. The number of nitrogens with one attached hydrogen (secondary N) is 1. The third-order valence-electron chi connectivity index (χ3n) is 7.18. The van der Waals surface area contributed by atoms with Gasteiger partial charge in [0, 0.05) is 49.4 Å². The van der Waals surface area contributed by atoms with Crippen LogP contribution < -0.4 is 5.73 Å². The zero-order valence-corrected chi connectivity index (χ0v) is 21.4. The Balaban J connectivity index is 1.31. The van der Waals surface area contributed by atoms with Gasteiger partial charge < -0.3 is 10.7 Å². The smallest absolute Gasteiger partial charge is 0.250 e. The van der Waals surface area contributed by atoms with E-state index < -0.39 is 15.9 Å². The second-order valence-corrected chi connectivity index (χ2v) is 12.6. The molecule has 1 aromatic heterocycles. The molecular weight excluding hydrogens is 480 g/mol. The van der Waals surface area contributed by atoms with Crippen LogP contribution in [0.3, 0.4) is 0 Å². The van der Waals surface area contributed by atoms with Crippen LogP contribution in [0.1, 0.15) is 41.1 Å². The molecule has 9 heteroatoms. The lowest BCUT2D eigenvalue weighted by Crippen LogP contribution is -2.39. The number of hydrogen-bond donors (Lipinski definition) is 2. The van der Waals surface area contributed by atoms with E-state index in [1.165, 1.54) is 0 Å². The maximum absolute atomic E-state index is 12.9. The zero-order valence-electron chi connectivity index (χ0n) is 19.8. The Morgan fingerprint density at radius 1 is 1.09 bits per heavy atom. The number of primary amides is 1. The Morgan fingerprint density at radius 3 is 2.54 bits per heavy atom. The summed E-state index contributed by atoms with van der Waals surface area (Å²) >= 11 is 1.91. The van der Waals surface area contributed by atoms with Gasteiger partial charge in [0.25, 0.3) is 5.91 Å². The van der Waals surface area contributed by atoms with Gasteiger partial charge in [0.15, 0.2) is 0 Å². The van der Waals surface area contributed by atoms with E-state index in [0.717, 1.165) is 65.2 Å². The molecule has 2 aliphatic rings. The van der Waals surface area contributed by atoms with E-state index in [2.05, 4.69) is 16.0 Å². The Morgan fingerprint density at radius 2 is 1.86 bits per heavy atom. The van der Waals surface area contributed by atoms with E-state index in [0.29, 0.717) is 25.1 Å². The van der Waals surface area contributed by atoms with Gasteiger partial charge in [-0.3, -0.25) is 9.69 Å². The molecule has 35 heavy (non-hydrogen) atoms. The van der Waals surface area contributed by atoms with Gasteiger partial charge in [-0.15, -0.1) is 11.8 Å². The van der Waals surface area contributed by atoms with Crippen molar-refractivity contribution in [3.63, 3.8) is 0 Å². The first-order valence-electron chi connectivity index (χ1n) is 12.2. The number of benzene rings is 2. The summed E-state index contributed by atoms with van der Waals surface area (Å²) in [5.74, 6) is 2.13. The molecule has 0 atom stereocenters. The van der Waals surface area contributed by atoms with Gasteiger partial charge in [-0.2, -0.15) is 0 Å². The number of amides is 1. The molecule has 0 unspecified atom stereocenters. The minimum Gasteiger partial charge on any atom is -0.366 e. The molecule has 5 rings (SSSR count). The number of piperidine rings is 1. The maximum Gasteiger partial charge on any atom is 0.250 e. The predicted octanol–water partition coefficient (Wildman–Crippen LogP) is 3.84. The SMILES string of the molecule is NC(=O)c1cc(-c2ccccc2)cc2c(C3CCN(S(=O)(=O)CCCN4CCSC4)CC3)c[nH]c12. The van der Waals surface area contributed by atoms with Crippen LogP contribution in [-0.2, 0) is 10.0 Å². The average Bonchev–Trinajstić information content (AvgIpc) is 3.54. The van der Waals surface area contributed by atoms with Crippen molar-refractivity contribution in [3.8, 4) is 11.1 Å². The van der Waals surface area contributed by atoms with Crippen molar-refractivity contribution >= 4 is 38.6 Å². The van der Waals surface area contributed by atoms with E-state index >= 15 is 0 Å². The van der Waals surface area contributed by atoms with Gasteiger partial charge >= 0.3 is 0 Å². The molecule has 186 valence electrons. The first-order chi connectivity index (χ1) is 16.9. The molecule has 3 heterocycles. The van der Waals surface area contributed by atoms with E-state index in [9.17, 15) is 13.2 Å². The second kappa shape index (κ2) is 10.3. The number of aromatic nitrogens is 1. The third-order valence-corrected chi connectivity index (χ3v) is 10.2. The number of nitrogens with zero attached hydrogens (tertiary/aromatic N) is 2. The van der Waals surface area contributed by atoms with Crippen molar-refractivity contribution in [3.05, 3.63) is 59.8 Å². The largest absolute Gasteiger partial charge is 0.366 e. The van der Waals surface area contributed by atoms with Crippen molar-refractivity contribution in [2.75, 3.05) is 43.6 Å². The van der Waals surface area contributed by atoms with Crippen LogP contribution in [-0.4, -0.2) is 72.1 Å². The highest BCUT2D eigenvalue weighted by molar-refractivity contribution is 7.99. The fourth-order valence-corrected chi connectivity index (χ4v) is 7.81. The molecule has 0 saturated carbocycles. The molecule has 2 aromatic carbocycles. The number of sulfonamides is 1. The Bertz CT molecular complexity index is 1290. The van der Waals surface area contributed by atoms with Crippen LogP contribution in [0.5, 0.6) is 0 Å². The van der Waals surface area contributed by atoms with Gasteiger partial charge in [-0.05, 0) is 54.0 Å². The van der Waals surface area contributed by atoms with Gasteiger partial charge in [-0.25, -0.2) is 12.7 Å². The summed E-state index contributed by atoms with van der Waals surface area (Å²) < 4.78 is 27.5. The average molecular weight is 513 g/mol. The molecule has 0 radical (unpaired) electrons.